The minimum Gasteiger partial charge on any atom is -0.304 e. The molecule has 1 aliphatic heterocycles. The van der Waals surface area contributed by atoms with Crippen LogP contribution in [0.25, 0.3) is 0 Å². The predicted octanol–water partition coefficient (Wildman–Crippen LogP) is 0.633. The van der Waals surface area contributed by atoms with Gasteiger partial charge in [-0.05, 0) is 25.2 Å². The van der Waals surface area contributed by atoms with Gasteiger partial charge in [0.05, 0.1) is 10.5 Å². The summed E-state index contributed by atoms with van der Waals surface area (Å²) in [5.74, 6) is -0.708. The van der Waals surface area contributed by atoms with Crippen LogP contribution in [0.5, 0.6) is 0 Å². The van der Waals surface area contributed by atoms with E-state index in [1.165, 1.54) is 10.4 Å². The molecule has 0 N–H and O–H groups in total. The zero-order valence-electron chi connectivity index (χ0n) is 10.5. The van der Waals surface area contributed by atoms with Crippen molar-refractivity contribution in [3.05, 3.63) is 29.6 Å². The molecule has 102 valence electrons. The first kappa shape index (κ1) is 13.9. The lowest BCUT2D eigenvalue weighted by atomic mass is 10.2. The first-order valence-corrected chi connectivity index (χ1v) is 7.27. The Labute approximate surface area is 111 Å². The SMILES string of the molecule is CN1CCN(S(=O)(=O)c2ccc(F)c(C#N)c2)CC1. The molecule has 19 heavy (non-hydrogen) atoms. The molecule has 0 atom stereocenters. The summed E-state index contributed by atoms with van der Waals surface area (Å²) >= 11 is 0. The Hall–Kier alpha value is -1.49. The summed E-state index contributed by atoms with van der Waals surface area (Å²) in [5, 5.41) is 8.75. The van der Waals surface area contributed by atoms with E-state index in [2.05, 4.69) is 0 Å². The Morgan fingerprint density at radius 1 is 1.26 bits per heavy atom. The molecule has 1 aromatic rings. The predicted molar refractivity (Wildman–Crippen MR) is 67.4 cm³/mol. The van der Waals surface area contributed by atoms with E-state index in [1.54, 1.807) is 6.07 Å². The molecular weight excluding hydrogens is 269 g/mol. The highest BCUT2D eigenvalue weighted by Crippen LogP contribution is 2.19. The Kier molecular flexibility index (Phi) is 3.85. The molecule has 0 aromatic heterocycles. The van der Waals surface area contributed by atoms with Crippen LogP contribution in [0.1, 0.15) is 5.56 Å². The minimum atomic E-state index is -3.65. The molecule has 0 amide bonds. The molecule has 0 spiro atoms. The van der Waals surface area contributed by atoms with Crippen LogP contribution in [0, 0.1) is 17.1 Å². The Morgan fingerprint density at radius 2 is 1.89 bits per heavy atom. The van der Waals surface area contributed by atoms with Crippen LogP contribution in [0.15, 0.2) is 23.1 Å². The average Bonchev–Trinajstić information content (AvgIpc) is 2.39. The first-order valence-electron chi connectivity index (χ1n) is 5.83. The number of nitriles is 1. The van der Waals surface area contributed by atoms with E-state index in [9.17, 15) is 12.8 Å². The van der Waals surface area contributed by atoms with E-state index in [4.69, 9.17) is 5.26 Å². The lowest BCUT2D eigenvalue weighted by Crippen LogP contribution is -2.47. The van der Waals surface area contributed by atoms with E-state index in [1.807, 2.05) is 11.9 Å². The Morgan fingerprint density at radius 3 is 2.47 bits per heavy atom. The van der Waals surface area contributed by atoms with E-state index < -0.39 is 15.8 Å². The maximum absolute atomic E-state index is 13.2. The summed E-state index contributed by atoms with van der Waals surface area (Å²) in [6.07, 6.45) is 0. The molecule has 0 radical (unpaired) electrons. The lowest BCUT2D eigenvalue weighted by molar-refractivity contribution is 0.222. The first-order chi connectivity index (χ1) is 8.95. The van der Waals surface area contributed by atoms with Gasteiger partial charge in [-0.2, -0.15) is 9.57 Å². The second kappa shape index (κ2) is 5.25. The standard InChI is InChI=1S/C12H14FN3O2S/c1-15-4-6-16(7-5-15)19(17,18)11-2-3-12(13)10(8-11)9-14/h2-3,8H,4-7H2,1H3. The molecule has 0 aliphatic carbocycles. The van der Waals surface area contributed by atoms with Gasteiger partial charge in [0.1, 0.15) is 11.9 Å². The number of piperazine rings is 1. The number of likely N-dealkylation sites (N-methyl/N-ethyl adjacent to an activating group) is 1. The molecule has 1 heterocycles. The molecule has 5 nitrogen and oxygen atoms in total. The highest BCUT2D eigenvalue weighted by atomic mass is 32.2. The highest BCUT2D eigenvalue weighted by molar-refractivity contribution is 7.89. The number of hydrogen-bond donors (Lipinski definition) is 0. The Balaban J connectivity index is 2.32. The summed E-state index contributed by atoms with van der Waals surface area (Å²) in [6.45, 7) is 2.12. The average molecular weight is 283 g/mol. The van der Waals surface area contributed by atoms with Gasteiger partial charge in [-0.1, -0.05) is 0 Å². The van der Waals surface area contributed by atoms with Crippen LogP contribution in [-0.2, 0) is 10.0 Å². The second-order valence-electron chi connectivity index (χ2n) is 4.46. The number of nitrogens with zero attached hydrogens (tertiary/aromatic N) is 3. The van der Waals surface area contributed by atoms with Crippen molar-refractivity contribution in [2.75, 3.05) is 33.2 Å². The molecule has 1 aromatic carbocycles. The quantitative estimate of drug-likeness (QED) is 0.798. The van der Waals surface area contributed by atoms with Crippen LogP contribution in [-0.4, -0.2) is 50.8 Å². The van der Waals surface area contributed by atoms with Crippen molar-refractivity contribution in [3.63, 3.8) is 0 Å². The van der Waals surface area contributed by atoms with Crippen molar-refractivity contribution in [1.29, 1.82) is 5.26 Å². The maximum Gasteiger partial charge on any atom is 0.243 e. The van der Waals surface area contributed by atoms with Crippen molar-refractivity contribution in [1.82, 2.24) is 9.21 Å². The van der Waals surface area contributed by atoms with Gasteiger partial charge in [-0.25, -0.2) is 12.8 Å². The summed E-state index contributed by atoms with van der Waals surface area (Å²) in [6, 6.07) is 4.95. The van der Waals surface area contributed by atoms with Crippen LogP contribution in [0.4, 0.5) is 4.39 Å². The molecule has 1 aliphatic rings. The van der Waals surface area contributed by atoms with Crippen LogP contribution >= 0.6 is 0 Å². The van der Waals surface area contributed by atoms with Gasteiger partial charge >= 0.3 is 0 Å². The van der Waals surface area contributed by atoms with Gasteiger partial charge in [-0.15, -0.1) is 0 Å². The fraction of sp³-hybridized carbons (Fsp3) is 0.417. The molecule has 1 saturated heterocycles. The Bertz CT molecular complexity index is 616. The monoisotopic (exact) mass is 283 g/mol. The van der Waals surface area contributed by atoms with Crippen molar-refractivity contribution in [2.24, 2.45) is 0 Å². The molecule has 0 saturated carbocycles. The van der Waals surface area contributed by atoms with E-state index in [0.717, 1.165) is 12.1 Å². The maximum atomic E-state index is 13.2. The molecule has 0 bridgehead atoms. The third-order valence-electron chi connectivity index (χ3n) is 3.16. The topological polar surface area (TPSA) is 64.4 Å². The van der Waals surface area contributed by atoms with Gasteiger partial charge < -0.3 is 4.90 Å². The summed E-state index contributed by atoms with van der Waals surface area (Å²) in [7, 11) is -1.72. The highest BCUT2D eigenvalue weighted by Gasteiger charge is 2.27. The van der Waals surface area contributed by atoms with Gasteiger partial charge in [-0.3, -0.25) is 0 Å². The molecule has 0 unspecified atom stereocenters. The third kappa shape index (κ3) is 2.76. The number of benzene rings is 1. The summed E-state index contributed by atoms with van der Waals surface area (Å²) in [4.78, 5) is 2.01. The van der Waals surface area contributed by atoms with Crippen molar-refractivity contribution in [2.45, 2.75) is 4.90 Å². The third-order valence-corrected chi connectivity index (χ3v) is 5.05. The lowest BCUT2D eigenvalue weighted by Gasteiger charge is -2.31. The zero-order chi connectivity index (χ0) is 14.0. The van der Waals surface area contributed by atoms with E-state index >= 15 is 0 Å². The van der Waals surface area contributed by atoms with Crippen LogP contribution in [0.2, 0.25) is 0 Å². The van der Waals surface area contributed by atoms with Gasteiger partial charge in [0.2, 0.25) is 10.0 Å². The zero-order valence-corrected chi connectivity index (χ0v) is 11.3. The molecule has 1 fully saturated rings. The molecule has 7 heteroatoms. The minimum absolute atomic E-state index is 0.0324. The van der Waals surface area contributed by atoms with Crippen LogP contribution < -0.4 is 0 Å². The fourth-order valence-electron chi connectivity index (χ4n) is 1.93. The largest absolute Gasteiger partial charge is 0.304 e. The van der Waals surface area contributed by atoms with Gasteiger partial charge in [0.15, 0.2) is 0 Å². The van der Waals surface area contributed by atoms with Crippen LogP contribution in [0.3, 0.4) is 0 Å². The number of sulfonamides is 1. The summed E-state index contributed by atoms with van der Waals surface area (Å²) in [5.41, 5.74) is -0.254. The fourth-order valence-corrected chi connectivity index (χ4v) is 3.38. The number of hydrogen-bond acceptors (Lipinski definition) is 4. The summed E-state index contributed by atoms with van der Waals surface area (Å²) < 4.78 is 39.3. The van der Waals surface area contributed by atoms with Gasteiger partial charge in [0.25, 0.3) is 0 Å². The van der Waals surface area contributed by atoms with Crippen molar-refractivity contribution < 1.29 is 12.8 Å². The van der Waals surface area contributed by atoms with Crippen molar-refractivity contribution >= 4 is 10.0 Å². The number of halogens is 1. The normalized spacial score (nSPS) is 18.2. The van der Waals surface area contributed by atoms with Gasteiger partial charge in [0, 0.05) is 26.2 Å². The smallest absolute Gasteiger partial charge is 0.243 e. The molecule has 2 rings (SSSR count). The van der Waals surface area contributed by atoms with E-state index in [-0.39, 0.29) is 10.5 Å². The van der Waals surface area contributed by atoms with Crippen molar-refractivity contribution in [3.8, 4) is 6.07 Å². The molecular formula is C12H14FN3O2S. The number of rotatable bonds is 2. The van der Waals surface area contributed by atoms with E-state index in [0.29, 0.717) is 26.2 Å². The second-order valence-corrected chi connectivity index (χ2v) is 6.40.